The van der Waals surface area contributed by atoms with E-state index in [1.54, 1.807) is 24.3 Å². The molecule has 0 unspecified atom stereocenters. The molecule has 0 fully saturated rings. The highest BCUT2D eigenvalue weighted by atomic mass is 35.5. The lowest BCUT2D eigenvalue weighted by atomic mass is 10.2. The number of nitrogens with one attached hydrogen (secondary N) is 1. The second kappa shape index (κ2) is 6.90. The zero-order valence-electron chi connectivity index (χ0n) is 12.3. The van der Waals surface area contributed by atoms with E-state index in [4.69, 9.17) is 11.6 Å². The molecule has 0 bridgehead atoms. The van der Waals surface area contributed by atoms with Crippen molar-refractivity contribution in [2.45, 2.75) is 11.4 Å². The summed E-state index contributed by atoms with van der Waals surface area (Å²) in [6.45, 7) is 0.105. The van der Waals surface area contributed by atoms with Crippen molar-refractivity contribution in [3.05, 3.63) is 63.9 Å². The zero-order chi connectivity index (χ0) is 17.2. The van der Waals surface area contributed by atoms with Gasteiger partial charge >= 0.3 is 0 Å². The van der Waals surface area contributed by atoms with E-state index in [0.717, 1.165) is 11.3 Å². The van der Waals surface area contributed by atoms with Crippen molar-refractivity contribution in [3.63, 3.8) is 0 Å². The first-order valence-corrected chi connectivity index (χ1v) is 9.67. The Morgan fingerprint density at radius 2 is 1.75 bits per heavy atom. The molecule has 1 aromatic heterocycles. The Balaban J connectivity index is 1.71. The van der Waals surface area contributed by atoms with Gasteiger partial charge in [0.05, 0.1) is 17.1 Å². The molecule has 124 valence electrons. The molecule has 3 rings (SSSR count). The van der Waals surface area contributed by atoms with Crippen LogP contribution in [-0.4, -0.2) is 18.5 Å². The van der Waals surface area contributed by atoms with Gasteiger partial charge in [0.25, 0.3) is 0 Å². The molecule has 8 heteroatoms. The predicted molar refractivity (Wildman–Crippen MR) is 94.7 cm³/mol. The Bertz CT molecular complexity index is 936. The Labute approximate surface area is 148 Å². The average molecular weight is 381 g/mol. The summed E-state index contributed by atoms with van der Waals surface area (Å²) in [5.41, 5.74) is 1.59. The largest absolute Gasteiger partial charge is 0.508 e. The maximum Gasteiger partial charge on any atom is 0.240 e. The van der Waals surface area contributed by atoms with Gasteiger partial charge < -0.3 is 5.11 Å². The van der Waals surface area contributed by atoms with Gasteiger partial charge in [0.1, 0.15) is 10.8 Å². The normalized spacial score (nSPS) is 11.5. The van der Waals surface area contributed by atoms with Crippen molar-refractivity contribution in [1.29, 1.82) is 0 Å². The summed E-state index contributed by atoms with van der Waals surface area (Å²) >= 11 is 7.13. The van der Waals surface area contributed by atoms with E-state index >= 15 is 0 Å². The van der Waals surface area contributed by atoms with Crippen LogP contribution in [0.1, 0.15) is 5.01 Å². The fourth-order valence-electron chi connectivity index (χ4n) is 2.01. The second-order valence-electron chi connectivity index (χ2n) is 4.95. The molecule has 0 saturated carbocycles. The molecule has 3 aromatic rings. The van der Waals surface area contributed by atoms with Gasteiger partial charge in [-0.15, -0.1) is 11.3 Å². The lowest BCUT2D eigenvalue weighted by Gasteiger charge is -2.05. The fourth-order valence-corrected chi connectivity index (χ4v) is 3.96. The Morgan fingerprint density at radius 3 is 2.42 bits per heavy atom. The first kappa shape index (κ1) is 16.9. The molecule has 24 heavy (non-hydrogen) atoms. The van der Waals surface area contributed by atoms with Gasteiger partial charge in [-0.05, 0) is 48.5 Å². The van der Waals surface area contributed by atoms with E-state index in [1.165, 1.54) is 35.6 Å². The minimum atomic E-state index is -3.61. The summed E-state index contributed by atoms with van der Waals surface area (Å²) in [7, 11) is -3.61. The number of aromatic nitrogens is 1. The number of sulfonamides is 1. The van der Waals surface area contributed by atoms with E-state index in [9.17, 15) is 13.5 Å². The molecule has 0 atom stereocenters. The van der Waals surface area contributed by atoms with Crippen molar-refractivity contribution < 1.29 is 13.5 Å². The number of nitrogens with zero attached hydrogens (tertiary/aromatic N) is 1. The second-order valence-corrected chi connectivity index (χ2v) is 8.10. The lowest BCUT2D eigenvalue weighted by molar-refractivity contribution is 0.475. The highest BCUT2D eigenvalue weighted by molar-refractivity contribution is 7.89. The van der Waals surface area contributed by atoms with E-state index in [1.807, 2.05) is 5.38 Å². The summed E-state index contributed by atoms with van der Waals surface area (Å²) in [6, 6.07) is 12.6. The lowest BCUT2D eigenvalue weighted by Crippen LogP contribution is -2.23. The van der Waals surface area contributed by atoms with Gasteiger partial charge in [-0.3, -0.25) is 0 Å². The molecule has 0 radical (unpaired) electrons. The molecule has 0 amide bonds. The summed E-state index contributed by atoms with van der Waals surface area (Å²) in [6.07, 6.45) is 0. The minimum Gasteiger partial charge on any atom is -0.508 e. The van der Waals surface area contributed by atoms with Crippen LogP contribution in [0.5, 0.6) is 5.75 Å². The first-order chi connectivity index (χ1) is 11.4. The molecule has 0 aliphatic heterocycles. The predicted octanol–water partition coefficient (Wildman–Crippen LogP) is 3.65. The van der Waals surface area contributed by atoms with E-state index in [2.05, 4.69) is 9.71 Å². The molecule has 0 spiro atoms. The maximum atomic E-state index is 12.2. The molecular weight excluding hydrogens is 368 g/mol. The zero-order valence-corrected chi connectivity index (χ0v) is 14.7. The molecule has 0 saturated heterocycles. The number of benzene rings is 2. The quantitative estimate of drug-likeness (QED) is 0.708. The van der Waals surface area contributed by atoms with Crippen LogP contribution in [0.4, 0.5) is 0 Å². The van der Waals surface area contributed by atoms with Crippen molar-refractivity contribution >= 4 is 33.0 Å². The molecule has 0 aliphatic carbocycles. The van der Waals surface area contributed by atoms with Crippen LogP contribution >= 0.6 is 22.9 Å². The topological polar surface area (TPSA) is 79.3 Å². The van der Waals surface area contributed by atoms with Gasteiger partial charge in [-0.2, -0.15) is 0 Å². The summed E-state index contributed by atoms with van der Waals surface area (Å²) in [5, 5.41) is 12.3. The standard InChI is InChI=1S/C16H13ClN2O3S2/c17-12-3-7-14(8-4-12)24(21,22)18-9-16-19-15(10-23-16)11-1-5-13(20)6-2-11/h1-8,10,18,20H,9H2. The summed E-state index contributed by atoms with van der Waals surface area (Å²) < 4.78 is 27.0. The molecule has 1 heterocycles. The third-order valence-electron chi connectivity index (χ3n) is 3.25. The van der Waals surface area contributed by atoms with Crippen LogP contribution in [0.2, 0.25) is 5.02 Å². The van der Waals surface area contributed by atoms with Gasteiger partial charge in [0.2, 0.25) is 10.0 Å². The maximum absolute atomic E-state index is 12.2. The van der Waals surface area contributed by atoms with Crippen molar-refractivity contribution in [2.24, 2.45) is 0 Å². The number of phenolic OH excluding ortho intramolecular Hbond substituents is 1. The molecule has 2 aromatic carbocycles. The van der Waals surface area contributed by atoms with Crippen molar-refractivity contribution in [1.82, 2.24) is 9.71 Å². The number of hydrogen-bond acceptors (Lipinski definition) is 5. The SMILES string of the molecule is O=S(=O)(NCc1nc(-c2ccc(O)cc2)cs1)c1ccc(Cl)cc1. The van der Waals surface area contributed by atoms with Gasteiger partial charge in [-0.25, -0.2) is 18.1 Å². The number of rotatable bonds is 5. The van der Waals surface area contributed by atoms with Gasteiger partial charge in [0.15, 0.2) is 0 Å². The summed E-state index contributed by atoms with van der Waals surface area (Å²) in [5.74, 6) is 0.185. The monoisotopic (exact) mass is 380 g/mol. The number of aromatic hydroxyl groups is 1. The third-order valence-corrected chi connectivity index (χ3v) is 5.77. The fraction of sp³-hybridized carbons (Fsp3) is 0.0625. The smallest absolute Gasteiger partial charge is 0.240 e. The average Bonchev–Trinajstić information content (AvgIpc) is 3.03. The van der Waals surface area contributed by atoms with Crippen LogP contribution < -0.4 is 4.72 Å². The Morgan fingerprint density at radius 1 is 1.08 bits per heavy atom. The summed E-state index contributed by atoms with van der Waals surface area (Å²) in [4.78, 5) is 4.56. The highest BCUT2D eigenvalue weighted by Gasteiger charge is 2.14. The van der Waals surface area contributed by atoms with Crippen molar-refractivity contribution in [2.75, 3.05) is 0 Å². The van der Waals surface area contributed by atoms with Crippen LogP contribution in [-0.2, 0) is 16.6 Å². The van der Waals surface area contributed by atoms with Crippen LogP contribution in [0.25, 0.3) is 11.3 Å². The van der Waals surface area contributed by atoms with Gasteiger partial charge in [0, 0.05) is 16.0 Å². The molecule has 2 N–H and O–H groups in total. The first-order valence-electron chi connectivity index (χ1n) is 6.93. The van der Waals surface area contributed by atoms with E-state index in [-0.39, 0.29) is 17.2 Å². The van der Waals surface area contributed by atoms with Crippen molar-refractivity contribution in [3.8, 4) is 17.0 Å². The number of hydrogen-bond donors (Lipinski definition) is 2. The number of halogens is 1. The van der Waals surface area contributed by atoms with E-state index in [0.29, 0.717) is 10.0 Å². The van der Waals surface area contributed by atoms with Crippen LogP contribution in [0, 0.1) is 0 Å². The van der Waals surface area contributed by atoms with Crippen LogP contribution in [0.15, 0.2) is 58.8 Å². The molecule has 0 aliphatic rings. The molecular formula is C16H13ClN2O3S2. The van der Waals surface area contributed by atoms with Crippen LogP contribution in [0.3, 0.4) is 0 Å². The third kappa shape index (κ3) is 3.93. The van der Waals surface area contributed by atoms with Gasteiger partial charge in [-0.1, -0.05) is 11.6 Å². The minimum absolute atomic E-state index is 0.105. The van der Waals surface area contributed by atoms with E-state index < -0.39 is 10.0 Å². The molecule has 5 nitrogen and oxygen atoms in total. The highest BCUT2D eigenvalue weighted by Crippen LogP contribution is 2.24. The number of phenols is 1. The Kier molecular flexibility index (Phi) is 4.86. The Hall–Kier alpha value is -1.93. The number of thiazole rings is 1.